The maximum Gasteiger partial charge on any atom is 0.419 e. The third-order valence-corrected chi connectivity index (χ3v) is 9.25. The molecule has 0 bridgehead atoms. The quantitative estimate of drug-likeness (QED) is 0.0660. The highest BCUT2D eigenvalue weighted by molar-refractivity contribution is 6.32. The minimum atomic E-state index is -4.61. The van der Waals surface area contributed by atoms with Gasteiger partial charge in [0, 0.05) is 55.8 Å². The van der Waals surface area contributed by atoms with Crippen molar-refractivity contribution in [3.8, 4) is 34.4 Å². The molecular formula is C42H42ClF3N4O5. The van der Waals surface area contributed by atoms with Gasteiger partial charge < -0.3 is 35.1 Å². The Kier molecular flexibility index (Phi) is 14.5. The number of ether oxygens (including phenoxy) is 3. The summed E-state index contributed by atoms with van der Waals surface area (Å²) in [5, 5.41) is 33.9. The Morgan fingerprint density at radius 3 is 1.95 bits per heavy atom. The van der Waals surface area contributed by atoms with Crippen LogP contribution < -0.4 is 24.8 Å². The highest BCUT2D eigenvalue weighted by Gasteiger charge is 2.34. The SMILES string of the molecule is Cc1c(COc2cc(OCc3cncc(C#N)c3)c(CNCCO)cc2Cl)cccc1-c1cccc(COc2ccc(CNCCO)cc2C(F)(F)F)c1C. The third kappa shape index (κ3) is 11.0. The Balaban J connectivity index is 1.33. The molecule has 0 fully saturated rings. The topological polar surface area (TPSA) is 129 Å². The zero-order valence-electron chi connectivity index (χ0n) is 30.5. The number of nitrogens with one attached hydrogen (secondary N) is 2. The van der Waals surface area contributed by atoms with Gasteiger partial charge in [0.25, 0.3) is 0 Å². The fourth-order valence-electron chi connectivity index (χ4n) is 5.97. The van der Waals surface area contributed by atoms with Crippen LogP contribution in [0.15, 0.2) is 85.2 Å². The molecule has 0 unspecified atom stereocenters. The second-order valence-electron chi connectivity index (χ2n) is 12.8. The lowest BCUT2D eigenvalue weighted by Crippen LogP contribution is -2.18. The van der Waals surface area contributed by atoms with Crippen molar-refractivity contribution in [1.29, 1.82) is 5.26 Å². The van der Waals surface area contributed by atoms with Crippen molar-refractivity contribution in [2.24, 2.45) is 0 Å². The first-order valence-electron chi connectivity index (χ1n) is 17.6. The first-order valence-corrected chi connectivity index (χ1v) is 18.0. The normalized spacial score (nSPS) is 11.3. The minimum Gasteiger partial charge on any atom is -0.488 e. The summed E-state index contributed by atoms with van der Waals surface area (Å²) in [5.41, 5.74) is 6.77. The van der Waals surface area contributed by atoms with Crippen molar-refractivity contribution in [2.45, 2.75) is 52.9 Å². The van der Waals surface area contributed by atoms with Crippen LogP contribution in [0.1, 0.15) is 50.1 Å². The summed E-state index contributed by atoms with van der Waals surface area (Å²) in [6, 6.07) is 22.8. The average Bonchev–Trinajstić information content (AvgIpc) is 3.17. The number of nitrogens with zero attached hydrogens (tertiary/aromatic N) is 2. The Hall–Kier alpha value is -5.16. The molecule has 55 heavy (non-hydrogen) atoms. The average molecular weight is 775 g/mol. The van der Waals surface area contributed by atoms with E-state index in [1.807, 2.05) is 50.2 Å². The van der Waals surface area contributed by atoms with E-state index in [1.165, 1.54) is 12.3 Å². The lowest BCUT2D eigenvalue weighted by molar-refractivity contribution is -0.139. The van der Waals surface area contributed by atoms with Crippen molar-refractivity contribution in [3.05, 3.63) is 140 Å². The number of aliphatic hydroxyl groups excluding tert-OH is 2. The van der Waals surface area contributed by atoms with Crippen LogP contribution in [0.3, 0.4) is 0 Å². The van der Waals surface area contributed by atoms with Gasteiger partial charge in [-0.2, -0.15) is 18.4 Å². The maximum atomic E-state index is 14.0. The Morgan fingerprint density at radius 1 is 0.709 bits per heavy atom. The molecule has 13 heteroatoms. The molecule has 1 heterocycles. The standard InChI is InChI=1S/C42H42ClF3N4O5/c1-27-32(25-54-39-10-9-29(20-48-11-13-51)16-37(39)42(44,45)46)5-3-7-35(27)36-8-4-6-33(28(36)2)26-55-41-18-40(34(17-38(41)43)23-49-12-14-52)53-24-31-15-30(19-47)21-50-22-31/h3-10,15-18,21-22,48-49,51-52H,11-14,20,23-26H2,1-2H3. The van der Waals surface area contributed by atoms with Gasteiger partial charge >= 0.3 is 6.18 Å². The highest BCUT2D eigenvalue weighted by Crippen LogP contribution is 2.38. The first-order chi connectivity index (χ1) is 26.5. The van der Waals surface area contributed by atoms with E-state index in [4.69, 9.17) is 30.9 Å². The second kappa shape index (κ2) is 19.4. The largest absolute Gasteiger partial charge is 0.488 e. The number of aliphatic hydroxyl groups is 2. The molecule has 0 aliphatic heterocycles. The summed E-state index contributed by atoms with van der Waals surface area (Å²) in [6.45, 7) is 5.25. The van der Waals surface area contributed by atoms with Gasteiger partial charge in [0.1, 0.15) is 43.1 Å². The molecule has 0 saturated carbocycles. The number of rotatable bonds is 18. The molecule has 0 aliphatic rings. The summed E-state index contributed by atoms with van der Waals surface area (Å²) in [5.74, 6) is 0.658. The summed E-state index contributed by atoms with van der Waals surface area (Å²) < 4.78 is 60.3. The van der Waals surface area contributed by atoms with E-state index in [-0.39, 0.29) is 51.9 Å². The number of alkyl halides is 3. The molecule has 0 spiro atoms. The number of benzene rings is 4. The molecule has 4 N–H and O–H groups in total. The van der Waals surface area contributed by atoms with Crippen LogP contribution in [-0.4, -0.2) is 41.5 Å². The van der Waals surface area contributed by atoms with Crippen molar-refractivity contribution in [3.63, 3.8) is 0 Å². The van der Waals surface area contributed by atoms with Gasteiger partial charge in [-0.15, -0.1) is 0 Å². The molecular weight excluding hydrogens is 733 g/mol. The van der Waals surface area contributed by atoms with E-state index in [9.17, 15) is 23.5 Å². The summed E-state index contributed by atoms with van der Waals surface area (Å²) in [4.78, 5) is 4.10. The zero-order chi connectivity index (χ0) is 39.4. The van der Waals surface area contributed by atoms with Gasteiger partial charge in [-0.1, -0.05) is 54.1 Å². The van der Waals surface area contributed by atoms with Crippen molar-refractivity contribution in [2.75, 3.05) is 26.3 Å². The van der Waals surface area contributed by atoms with Gasteiger partial charge in [0.2, 0.25) is 0 Å². The van der Waals surface area contributed by atoms with E-state index in [0.717, 1.165) is 45.0 Å². The van der Waals surface area contributed by atoms with Gasteiger partial charge in [-0.3, -0.25) is 4.98 Å². The molecule has 0 atom stereocenters. The molecule has 0 radical (unpaired) electrons. The van der Waals surface area contributed by atoms with E-state index in [2.05, 4.69) is 21.7 Å². The van der Waals surface area contributed by atoms with Crippen LogP contribution >= 0.6 is 11.6 Å². The van der Waals surface area contributed by atoms with Crippen LogP contribution in [0.4, 0.5) is 13.2 Å². The number of pyridine rings is 1. The molecule has 0 amide bonds. The van der Waals surface area contributed by atoms with Crippen molar-refractivity contribution in [1.82, 2.24) is 15.6 Å². The fraction of sp³-hybridized carbons (Fsp3) is 0.286. The predicted molar refractivity (Wildman–Crippen MR) is 204 cm³/mol. The molecule has 9 nitrogen and oxygen atoms in total. The monoisotopic (exact) mass is 774 g/mol. The second-order valence-corrected chi connectivity index (χ2v) is 13.2. The lowest BCUT2D eigenvalue weighted by Gasteiger charge is -2.19. The van der Waals surface area contributed by atoms with E-state index in [1.54, 1.807) is 30.5 Å². The molecule has 5 rings (SSSR count). The van der Waals surface area contributed by atoms with Crippen LogP contribution in [0.5, 0.6) is 17.2 Å². The fourth-order valence-corrected chi connectivity index (χ4v) is 6.21. The van der Waals surface area contributed by atoms with Crippen molar-refractivity contribution >= 4 is 11.6 Å². The van der Waals surface area contributed by atoms with Gasteiger partial charge in [-0.25, -0.2) is 0 Å². The summed E-state index contributed by atoms with van der Waals surface area (Å²) >= 11 is 6.70. The third-order valence-electron chi connectivity index (χ3n) is 8.95. The van der Waals surface area contributed by atoms with E-state index < -0.39 is 11.7 Å². The Morgan fingerprint density at radius 2 is 1.33 bits per heavy atom. The molecule has 1 aromatic heterocycles. The predicted octanol–water partition coefficient (Wildman–Crippen LogP) is 7.81. The molecule has 5 aromatic rings. The first kappa shape index (κ1) is 41.0. The smallest absolute Gasteiger partial charge is 0.419 e. The van der Waals surface area contributed by atoms with Gasteiger partial charge in [-0.05, 0) is 77.1 Å². The number of hydrogen-bond donors (Lipinski definition) is 4. The molecule has 0 aliphatic carbocycles. The summed E-state index contributed by atoms with van der Waals surface area (Å²) in [7, 11) is 0. The van der Waals surface area contributed by atoms with Crippen LogP contribution in [0.2, 0.25) is 5.02 Å². The van der Waals surface area contributed by atoms with Gasteiger partial charge in [0.15, 0.2) is 0 Å². The molecule has 4 aromatic carbocycles. The highest BCUT2D eigenvalue weighted by atomic mass is 35.5. The number of nitriles is 1. The van der Waals surface area contributed by atoms with E-state index >= 15 is 0 Å². The Bertz CT molecular complexity index is 2120. The van der Waals surface area contributed by atoms with Crippen LogP contribution in [0, 0.1) is 25.2 Å². The van der Waals surface area contributed by atoms with E-state index in [0.29, 0.717) is 46.3 Å². The summed E-state index contributed by atoms with van der Waals surface area (Å²) in [6.07, 6.45) is -1.51. The number of aromatic nitrogens is 1. The van der Waals surface area contributed by atoms with Crippen LogP contribution in [0.25, 0.3) is 11.1 Å². The van der Waals surface area contributed by atoms with Gasteiger partial charge in [0.05, 0.1) is 29.4 Å². The number of halogens is 4. The molecule has 0 saturated heterocycles. The molecule has 288 valence electrons. The van der Waals surface area contributed by atoms with Crippen LogP contribution in [-0.2, 0) is 39.1 Å². The minimum absolute atomic E-state index is 0.0308. The van der Waals surface area contributed by atoms with Crippen molar-refractivity contribution < 1.29 is 37.6 Å². The lowest BCUT2D eigenvalue weighted by atomic mass is 9.92. The maximum absolute atomic E-state index is 14.0. The zero-order valence-corrected chi connectivity index (χ0v) is 31.2. The number of hydrogen-bond acceptors (Lipinski definition) is 9. The Labute approximate surface area is 323 Å².